The van der Waals surface area contributed by atoms with Crippen molar-refractivity contribution < 1.29 is 4.74 Å². The van der Waals surface area contributed by atoms with E-state index >= 15 is 0 Å². The topological polar surface area (TPSA) is 33.3 Å². The van der Waals surface area contributed by atoms with Gasteiger partial charge in [0.25, 0.3) is 0 Å². The first kappa shape index (κ1) is 11.6. The van der Waals surface area contributed by atoms with Crippen molar-refractivity contribution in [1.82, 2.24) is 0 Å². The first-order valence-electron chi connectivity index (χ1n) is 5.20. The van der Waals surface area contributed by atoms with Crippen molar-refractivity contribution in [2.75, 3.05) is 17.3 Å². The number of ether oxygens (including phenoxy) is 1. The molecule has 0 atom stereocenters. The molecule has 0 aliphatic carbocycles. The van der Waals surface area contributed by atoms with Gasteiger partial charge in [-0.15, -0.1) is 0 Å². The first-order chi connectivity index (χ1) is 8.33. The van der Waals surface area contributed by atoms with Crippen LogP contribution in [0.2, 0.25) is 0 Å². The largest absolute Gasteiger partial charge is 0.497 e. The molecule has 0 aromatic heterocycles. The summed E-state index contributed by atoms with van der Waals surface area (Å²) in [5.41, 5.74) is 2.74. The standard InChI is InChI=1S/C13H13ClN2O/c1-17-11-8-6-10(7-9-11)15-12-4-2-3-5-13(12)16-14/h2-9,15-16H,1H3. The first-order valence-corrected chi connectivity index (χ1v) is 5.58. The summed E-state index contributed by atoms with van der Waals surface area (Å²) in [5, 5.41) is 3.27. The minimum atomic E-state index is 0.833. The van der Waals surface area contributed by atoms with Crippen molar-refractivity contribution in [1.29, 1.82) is 0 Å². The number of anilines is 3. The van der Waals surface area contributed by atoms with E-state index in [2.05, 4.69) is 10.2 Å². The number of rotatable bonds is 4. The minimum Gasteiger partial charge on any atom is -0.497 e. The molecule has 0 radical (unpaired) electrons. The van der Waals surface area contributed by atoms with Crippen molar-refractivity contribution in [3.05, 3.63) is 48.5 Å². The van der Waals surface area contributed by atoms with Gasteiger partial charge in [-0.25, -0.2) is 0 Å². The van der Waals surface area contributed by atoms with E-state index < -0.39 is 0 Å². The highest BCUT2D eigenvalue weighted by atomic mass is 35.5. The smallest absolute Gasteiger partial charge is 0.119 e. The molecule has 2 aromatic carbocycles. The van der Waals surface area contributed by atoms with E-state index in [1.54, 1.807) is 7.11 Å². The predicted molar refractivity (Wildman–Crippen MR) is 72.2 cm³/mol. The van der Waals surface area contributed by atoms with Crippen molar-refractivity contribution in [2.45, 2.75) is 0 Å². The van der Waals surface area contributed by atoms with E-state index in [9.17, 15) is 0 Å². The second kappa shape index (κ2) is 5.46. The number of benzene rings is 2. The van der Waals surface area contributed by atoms with Crippen molar-refractivity contribution in [3.63, 3.8) is 0 Å². The maximum atomic E-state index is 5.64. The third-order valence-electron chi connectivity index (χ3n) is 2.40. The lowest BCUT2D eigenvalue weighted by molar-refractivity contribution is 0.415. The highest BCUT2D eigenvalue weighted by Gasteiger charge is 2.00. The summed E-state index contributed by atoms with van der Waals surface area (Å²) in [6.07, 6.45) is 0. The molecule has 2 rings (SSSR count). The number of hydrogen-bond acceptors (Lipinski definition) is 3. The lowest BCUT2D eigenvalue weighted by atomic mass is 10.2. The summed E-state index contributed by atoms with van der Waals surface area (Å²) < 4.78 is 5.10. The van der Waals surface area contributed by atoms with Gasteiger partial charge in [0.05, 0.1) is 18.5 Å². The van der Waals surface area contributed by atoms with Crippen LogP contribution in [0.4, 0.5) is 17.1 Å². The second-order valence-electron chi connectivity index (χ2n) is 3.49. The van der Waals surface area contributed by atoms with Crippen LogP contribution in [0.3, 0.4) is 0 Å². The second-order valence-corrected chi connectivity index (χ2v) is 3.68. The van der Waals surface area contributed by atoms with Crippen LogP contribution in [0.25, 0.3) is 0 Å². The Labute approximate surface area is 105 Å². The van der Waals surface area contributed by atoms with Crippen LogP contribution in [-0.2, 0) is 0 Å². The molecule has 2 N–H and O–H groups in total. The molecule has 0 unspecified atom stereocenters. The number of nitrogens with one attached hydrogen (secondary N) is 2. The predicted octanol–water partition coefficient (Wildman–Crippen LogP) is 4.00. The molecule has 0 fully saturated rings. The minimum absolute atomic E-state index is 0.833. The molecule has 0 aliphatic rings. The van der Waals surface area contributed by atoms with Gasteiger partial charge in [-0.2, -0.15) is 0 Å². The maximum absolute atomic E-state index is 5.64. The molecule has 0 amide bonds. The molecule has 0 spiro atoms. The number of methoxy groups -OCH3 is 1. The quantitative estimate of drug-likeness (QED) is 0.803. The van der Waals surface area contributed by atoms with Gasteiger partial charge >= 0.3 is 0 Å². The normalized spacial score (nSPS) is 9.76. The highest BCUT2D eigenvalue weighted by molar-refractivity contribution is 6.24. The highest BCUT2D eigenvalue weighted by Crippen LogP contribution is 2.26. The van der Waals surface area contributed by atoms with E-state index in [1.807, 2.05) is 48.5 Å². The zero-order valence-corrected chi connectivity index (χ0v) is 10.2. The van der Waals surface area contributed by atoms with Gasteiger partial charge in [-0.1, -0.05) is 12.1 Å². The van der Waals surface area contributed by atoms with E-state index in [0.717, 1.165) is 22.8 Å². The fraction of sp³-hybridized carbons (Fsp3) is 0.0769. The molecule has 0 heterocycles. The SMILES string of the molecule is COc1ccc(Nc2ccccc2NCl)cc1. The Morgan fingerprint density at radius 3 is 2.18 bits per heavy atom. The Balaban J connectivity index is 2.19. The summed E-state index contributed by atoms with van der Waals surface area (Å²) in [5.74, 6) is 0.833. The summed E-state index contributed by atoms with van der Waals surface area (Å²) >= 11 is 5.64. The van der Waals surface area contributed by atoms with Crippen LogP contribution in [-0.4, -0.2) is 7.11 Å². The van der Waals surface area contributed by atoms with Crippen molar-refractivity contribution in [3.8, 4) is 5.75 Å². The molecule has 3 nitrogen and oxygen atoms in total. The van der Waals surface area contributed by atoms with Gasteiger partial charge < -0.3 is 10.1 Å². The number of hydrogen-bond donors (Lipinski definition) is 2. The molecule has 0 bridgehead atoms. The number of para-hydroxylation sites is 2. The summed E-state index contributed by atoms with van der Waals surface area (Å²) in [6.45, 7) is 0. The lowest BCUT2D eigenvalue weighted by Crippen LogP contribution is -1.94. The zero-order chi connectivity index (χ0) is 12.1. The van der Waals surface area contributed by atoms with Crippen LogP contribution >= 0.6 is 11.8 Å². The van der Waals surface area contributed by atoms with Gasteiger partial charge in [0, 0.05) is 17.5 Å². The van der Waals surface area contributed by atoms with Gasteiger partial charge in [-0.3, -0.25) is 4.84 Å². The summed E-state index contributed by atoms with van der Waals surface area (Å²) in [4.78, 5) is 2.62. The molecule has 0 saturated carbocycles. The molecular formula is C13H13ClN2O. The van der Waals surface area contributed by atoms with Crippen LogP contribution in [0.1, 0.15) is 0 Å². The Morgan fingerprint density at radius 1 is 0.941 bits per heavy atom. The third kappa shape index (κ3) is 2.82. The van der Waals surface area contributed by atoms with Gasteiger partial charge in [0.2, 0.25) is 0 Å². The Hall–Kier alpha value is -1.87. The van der Waals surface area contributed by atoms with Crippen LogP contribution < -0.4 is 14.9 Å². The van der Waals surface area contributed by atoms with Crippen LogP contribution in [0.15, 0.2) is 48.5 Å². The van der Waals surface area contributed by atoms with Crippen LogP contribution in [0.5, 0.6) is 5.75 Å². The third-order valence-corrected chi connectivity index (χ3v) is 2.60. The fourth-order valence-corrected chi connectivity index (χ4v) is 1.67. The lowest BCUT2D eigenvalue weighted by Gasteiger charge is -2.10. The Morgan fingerprint density at radius 2 is 1.59 bits per heavy atom. The maximum Gasteiger partial charge on any atom is 0.119 e. The molecule has 88 valence electrons. The molecule has 2 aromatic rings. The number of halogens is 1. The van der Waals surface area contributed by atoms with E-state index in [1.165, 1.54) is 0 Å². The van der Waals surface area contributed by atoms with E-state index in [-0.39, 0.29) is 0 Å². The Kier molecular flexibility index (Phi) is 3.73. The monoisotopic (exact) mass is 248 g/mol. The molecule has 0 saturated heterocycles. The van der Waals surface area contributed by atoms with E-state index in [0.29, 0.717) is 0 Å². The summed E-state index contributed by atoms with van der Waals surface area (Å²) in [6, 6.07) is 15.4. The molecule has 17 heavy (non-hydrogen) atoms. The fourth-order valence-electron chi connectivity index (χ4n) is 1.50. The summed E-state index contributed by atoms with van der Waals surface area (Å²) in [7, 11) is 1.65. The van der Waals surface area contributed by atoms with Gasteiger partial charge in [0.15, 0.2) is 0 Å². The van der Waals surface area contributed by atoms with Gasteiger partial charge in [0.1, 0.15) is 5.75 Å². The van der Waals surface area contributed by atoms with Crippen LogP contribution in [0, 0.1) is 0 Å². The molecular weight excluding hydrogens is 236 g/mol. The van der Waals surface area contributed by atoms with Crippen molar-refractivity contribution in [2.24, 2.45) is 0 Å². The van der Waals surface area contributed by atoms with E-state index in [4.69, 9.17) is 16.5 Å². The Bertz CT molecular complexity index is 485. The average molecular weight is 249 g/mol. The van der Waals surface area contributed by atoms with Gasteiger partial charge in [-0.05, 0) is 36.4 Å². The average Bonchev–Trinajstić information content (AvgIpc) is 2.40. The molecule has 0 aliphatic heterocycles. The van der Waals surface area contributed by atoms with Crippen molar-refractivity contribution >= 4 is 28.8 Å². The zero-order valence-electron chi connectivity index (χ0n) is 9.41. The molecule has 4 heteroatoms.